The van der Waals surface area contributed by atoms with Gasteiger partial charge in [0.2, 0.25) is 0 Å². The van der Waals surface area contributed by atoms with Crippen LogP contribution in [0.4, 0.5) is 10.1 Å². The molecule has 0 amide bonds. The zero-order valence-electron chi connectivity index (χ0n) is 16.7. The molecule has 1 aromatic carbocycles. The minimum Gasteiger partial charge on any atom is -0.478 e. The first-order valence-corrected chi connectivity index (χ1v) is 10.1. The van der Waals surface area contributed by atoms with E-state index >= 15 is 4.39 Å². The van der Waals surface area contributed by atoms with E-state index < -0.39 is 5.97 Å². The molecular formula is C22H26FN3O3. The molecule has 154 valence electrons. The Kier molecular flexibility index (Phi) is 4.94. The molecule has 2 aromatic rings. The van der Waals surface area contributed by atoms with E-state index in [1.165, 1.54) is 18.2 Å². The summed E-state index contributed by atoms with van der Waals surface area (Å²) in [5.74, 6) is -1.16. The summed E-state index contributed by atoms with van der Waals surface area (Å²) in [4.78, 5) is 25.8. The Balaban J connectivity index is 1.93. The smallest absolute Gasteiger partial charge is 0.328 e. The van der Waals surface area contributed by atoms with Crippen LogP contribution in [0.3, 0.4) is 0 Å². The topological polar surface area (TPSA) is 88.6 Å². The van der Waals surface area contributed by atoms with Gasteiger partial charge in [0, 0.05) is 42.7 Å². The van der Waals surface area contributed by atoms with E-state index in [1.807, 2.05) is 18.7 Å². The van der Waals surface area contributed by atoms with E-state index in [0.29, 0.717) is 34.6 Å². The maximum Gasteiger partial charge on any atom is 0.328 e. The number of benzene rings is 1. The van der Waals surface area contributed by atoms with Crippen LogP contribution < -0.4 is 16.2 Å². The van der Waals surface area contributed by atoms with Gasteiger partial charge in [-0.2, -0.15) is 0 Å². The summed E-state index contributed by atoms with van der Waals surface area (Å²) < 4.78 is 17.0. The quantitative estimate of drug-likeness (QED) is 0.755. The predicted molar refractivity (Wildman–Crippen MR) is 112 cm³/mol. The van der Waals surface area contributed by atoms with Gasteiger partial charge in [-0.25, -0.2) is 9.18 Å². The molecule has 3 N–H and O–H groups in total. The van der Waals surface area contributed by atoms with Crippen molar-refractivity contribution in [3.8, 4) is 0 Å². The van der Waals surface area contributed by atoms with E-state index in [9.17, 15) is 9.59 Å². The SMILES string of the molecule is Cc1c(N2CC[C@@H]([C@H](C)N)C2)c(F)cc2c(C=CC(=O)O)cc(=O)n(C3CC3)c12. The molecule has 1 aromatic heterocycles. The summed E-state index contributed by atoms with van der Waals surface area (Å²) in [7, 11) is 0. The number of pyridine rings is 1. The van der Waals surface area contributed by atoms with Gasteiger partial charge in [0.25, 0.3) is 5.56 Å². The molecule has 0 bridgehead atoms. The number of halogens is 1. The van der Waals surface area contributed by atoms with Gasteiger partial charge in [-0.1, -0.05) is 0 Å². The van der Waals surface area contributed by atoms with Crippen LogP contribution in [0.2, 0.25) is 0 Å². The van der Waals surface area contributed by atoms with E-state index in [4.69, 9.17) is 10.8 Å². The Morgan fingerprint density at radius 2 is 2.07 bits per heavy atom. The first-order chi connectivity index (χ1) is 13.8. The fraction of sp³-hybridized carbons (Fsp3) is 0.455. The Hall–Kier alpha value is -2.67. The number of aliphatic carboxylic acids is 1. The molecule has 7 heteroatoms. The molecule has 0 spiro atoms. The second-order valence-electron chi connectivity index (χ2n) is 8.29. The van der Waals surface area contributed by atoms with Crippen molar-refractivity contribution in [3.05, 3.63) is 45.5 Å². The number of carbonyl (C=O) groups is 1. The number of anilines is 1. The van der Waals surface area contributed by atoms with Crippen molar-refractivity contribution in [2.75, 3.05) is 18.0 Å². The van der Waals surface area contributed by atoms with Crippen molar-refractivity contribution in [1.29, 1.82) is 0 Å². The van der Waals surface area contributed by atoms with Crippen molar-refractivity contribution in [2.45, 2.75) is 45.2 Å². The van der Waals surface area contributed by atoms with Gasteiger partial charge in [-0.05, 0) is 62.3 Å². The van der Waals surface area contributed by atoms with Crippen molar-refractivity contribution in [2.24, 2.45) is 11.7 Å². The maximum absolute atomic E-state index is 15.3. The van der Waals surface area contributed by atoms with Gasteiger partial charge < -0.3 is 20.3 Å². The molecule has 1 aliphatic carbocycles. The number of hydrogen-bond donors (Lipinski definition) is 2. The Morgan fingerprint density at radius 1 is 1.34 bits per heavy atom. The highest BCUT2D eigenvalue weighted by Gasteiger charge is 2.32. The maximum atomic E-state index is 15.3. The van der Waals surface area contributed by atoms with Gasteiger partial charge in [-0.3, -0.25) is 4.79 Å². The summed E-state index contributed by atoms with van der Waals surface area (Å²) in [6.45, 7) is 5.24. The number of aromatic nitrogens is 1. The summed E-state index contributed by atoms with van der Waals surface area (Å²) in [6, 6.07) is 3.01. The standard InChI is InChI=1S/C22H26FN3O3/c1-12-21-17(10-18(23)22(12)25-8-7-15(11-25)13(2)24)14(3-6-20(28)29)9-19(27)26(21)16-4-5-16/h3,6,9-10,13,15-16H,4-5,7-8,11,24H2,1-2H3,(H,28,29)/t13-,15+/m0/s1. The molecule has 1 aliphatic heterocycles. The van der Waals surface area contributed by atoms with Gasteiger partial charge in [0.15, 0.2) is 0 Å². The number of nitrogens with zero attached hydrogens (tertiary/aromatic N) is 2. The van der Waals surface area contributed by atoms with Crippen LogP contribution in [0.15, 0.2) is 23.0 Å². The molecule has 4 rings (SSSR count). The lowest BCUT2D eigenvalue weighted by Crippen LogP contribution is -2.30. The van der Waals surface area contributed by atoms with Crippen LogP contribution in [0.5, 0.6) is 0 Å². The number of aryl methyl sites for hydroxylation is 1. The van der Waals surface area contributed by atoms with Gasteiger partial charge >= 0.3 is 5.97 Å². The average molecular weight is 399 g/mol. The molecular weight excluding hydrogens is 373 g/mol. The van der Waals surface area contributed by atoms with Crippen molar-refractivity contribution < 1.29 is 14.3 Å². The summed E-state index contributed by atoms with van der Waals surface area (Å²) in [5, 5.41) is 9.54. The fourth-order valence-corrected chi connectivity index (χ4v) is 4.48. The predicted octanol–water partition coefficient (Wildman–Crippen LogP) is 3.06. The first kappa shape index (κ1) is 19.6. The van der Waals surface area contributed by atoms with Gasteiger partial charge in [0.1, 0.15) is 5.82 Å². The van der Waals surface area contributed by atoms with Crippen molar-refractivity contribution in [3.63, 3.8) is 0 Å². The lowest BCUT2D eigenvalue weighted by atomic mass is 10.0. The summed E-state index contributed by atoms with van der Waals surface area (Å²) in [6.07, 6.45) is 5.09. The largest absolute Gasteiger partial charge is 0.478 e. The van der Waals surface area contributed by atoms with Crippen LogP contribution in [-0.2, 0) is 4.79 Å². The molecule has 2 heterocycles. The Bertz CT molecular complexity index is 1070. The molecule has 1 saturated carbocycles. The molecule has 2 aliphatic rings. The minimum atomic E-state index is -1.11. The van der Waals surface area contributed by atoms with Gasteiger partial charge in [-0.15, -0.1) is 0 Å². The molecule has 2 fully saturated rings. The highest BCUT2D eigenvalue weighted by molar-refractivity contribution is 5.96. The normalized spacial score (nSPS) is 20.7. The zero-order chi connectivity index (χ0) is 20.9. The highest BCUT2D eigenvalue weighted by atomic mass is 19.1. The third-order valence-corrected chi connectivity index (χ3v) is 6.13. The monoisotopic (exact) mass is 399 g/mol. The molecule has 29 heavy (non-hydrogen) atoms. The molecule has 0 unspecified atom stereocenters. The van der Waals surface area contributed by atoms with Crippen molar-refractivity contribution >= 4 is 28.6 Å². The number of rotatable bonds is 5. The molecule has 0 radical (unpaired) electrons. The lowest BCUT2D eigenvalue weighted by molar-refractivity contribution is -0.131. The number of nitrogens with two attached hydrogens (primary N) is 1. The molecule has 1 saturated heterocycles. The minimum absolute atomic E-state index is 0.0428. The Morgan fingerprint density at radius 3 is 2.66 bits per heavy atom. The summed E-state index contributed by atoms with van der Waals surface area (Å²) in [5.41, 5.74) is 8.24. The molecule has 6 nitrogen and oxygen atoms in total. The van der Waals surface area contributed by atoms with E-state index in [1.54, 1.807) is 4.57 Å². The first-order valence-electron chi connectivity index (χ1n) is 10.1. The number of fused-ring (bicyclic) bond motifs is 1. The lowest BCUT2D eigenvalue weighted by Gasteiger charge is -2.25. The van der Waals surface area contributed by atoms with Gasteiger partial charge in [0.05, 0.1) is 11.2 Å². The van der Waals surface area contributed by atoms with Crippen molar-refractivity contribution in [1.82, 2.24) is 4.57 Å². The van der Waals surface area contributed by atoms with Crippen LogP contribution in [0, 0.1) is 18.7 Å². The average Bonchev–Trinajstić information content (AvgIpc) is 3.36. The van der Waals surface area contributed by atoms with Crippen LogP contribution in [0.1, 0.15) is 43.4 Å². The van der Waals surface area contributed by atoms with E-state index in [0.717, 1.165) is 37.4 Å². The molecule has 2 atom stereocenters. The third-order valence-electron chi connectivity index (χ3n) is 6.13. The zero-order valence-corrected chi connectivity index (χ0v) is 16.7. The second kappa shape index (κ2) is 7.30. The fourth-order valence-electron chi connectivity index (χ4n) is 4.48. The van der Waals surface area contributed by atoms with Crippen LogP contribution in [0.25, 0.3) is 17.0 Å². The van der Waals surface area contributed by atoms with Crippen LogP contribution in [-0.4, -0.2) is 34.8 Å². The van der Waals surface area contributed by atoms with E-state index in [2.05, 4.69) is 0 Å². The number of carboxylic acids is 1. The highest BCUT2D eigenvalue weighted by Crippen LogP contribution is 2.41. The second-order valence-corrected chi connectivity index (χ2v) is 8.29. The number of carboxylic acid groups (broad SMARTS) is 1. The van der Waals surface area contributed by atoms with E-state index in [-0.39, 0.29) is 23.5 Å². The number of hydrogen-bond acceptors (Lipinski definition) is 4. The summed E-state index contributed by atoms with van der Waals surface area (Å²) >= 11 is 0. The third kappa shape index (κ3) is 3.55. The Labute approximate surface area is 168 Å². The van der Waals surface area contributed by atoms with Crippen LogP contribution >= 0.6 is 0 Å².